The van der Waals surface area contributed by atoms with Crippen molar-refractivity contribution in [1.29, 1.82) is 0 Å². The predicted octanol–water partition coefficient (Wildman–Crippen LogP) is 5.21. The van der Waals surface area contributed by atoms with Crippen LogP contribution in [0.4, 0.5) is 5.69 Å². The summed E-state index contributed by atoms with van der Waals surface area (Å²) in [5, 5.41) is 1.21. The Hall–Kier alpha value is -1.68. The maximum Gasteiger partial charge on any atom is 0.374 e. The fourth-order valence-electron chi connectivity index (χ4n) is 5.43. The van der Waals surface area contributed by atoms with Crippen molar-refractivity contribution in [1.82, 2.24) is 4.81 Å². The van der Waals surface area contributed by atoms with E-state index in [4.69, 9.17) is 4.42 Å². The van der Waals surface area contributed by atoms with Crippen LogP contribution in [0.25, 0.3) is 17.0 Å². The molecule has 1 aromatic carbocycles. The first-order valence-corrected chi connectivity index (χ1v) is 9.34. The van der Waals surface area contributed by atoms with Gasteiger partial charge in [-0.25, -0.2) is 0 Å². The summed E-state index contributed by atoms with van der Waals surface area (Å²) in [6, 6.07) is 8.88. The molecule has 0 saturated carbocycles. The lowest BCUT2D eigenvalue weighted by Crippen LogP contribution is -2.61. The number of benzene rings is 1. The van der Waals surface area contributed by atoms with Crippen molar-refractivity contribution in [2.24, 2.45) is 5.41 Å². The second-order valence-electron chi connectivity index (χ2n) is 9.25. The van der Waals surface area contributed by atoms with Crippen LogP contribution in [0.5, 0.6) is 0 Å². The van der Waals surface area contributed by atoms with Gasteiger partial charge in [-0.2, -0.15) is 0 Å². The number of para-hydroxylation sites is 1. The molecule has 25 heavy (non-hydrogen) atoms. The van der Waals surface area contributed by atoms with E-state index in [1.165, 1.54) is 23.0 Å². The number of furan rings is 1. The number of nitrogens with zero attached hydrogens (tertiary/aromatic N) is 2. The van der Waals surface area contributed by atoms with Crippen molar-refractivity contribution in [3.8, 4) is 0 Å². The van der Waals surface area contributed by atoms with Crippen LogP contribution in [0, 0.1) is 5.41 Å². The normalized spacial score (nSPS) is 25.4. The van der Waals surface area contributed by atoms with Crippen molar-refractivity contribution >= 4 is 29.7 Å². The molecule has 0 bridgehead atoms. The third kappa shape index (κ3) is 2.30. The zero-order valence-corrected chi connectivity index (χ0v) is 16.6. The standard InChI is InChI=1S/C21H29BN2O/c1-14-12-18-19(16-10-8-9-11-17(16)25-18)23(7)22(14)24-15(2)20(3,4)13-21(24,5)6/h8-12,15H,13H2,1-7H3. The summed E-state index contributed by atoms with van der Waals surface area (Å²) in [6.45, 7) is 14.5. The van der Waals surface area contributed by atoms with E-state index in [2.05, 4.69) is 82.5 Å². The summed E-state index contributed by atoms with van der Waals surface area (Å²) in [6.07, 6.45) is 3.45. The molecule has 0 aliphatic carbocycles. The van der Waals surface area contributed by atoms with Crippen LogP contribution in [0.2, 0.25) is 0 Å². The smallest absolute Gasteiger partial charge is 0.374 e. The largest absolute Gasteiger partial charge is 0.455 e. The molecule has 1 atom stereocenters. The van der Waals surface area contributed by atoms with Gasteiger partial charge in [-0.15, -0.1) is 0 Å². The number of anilines is 1. The predicted molar refractivity (Wildman–Crippen MR) is 108 cm³/mol. The molecule has 2 aromatic rings. The Labute approximate surface area is 151 Å². The van der Waals surface area contributed by atoms with Gasteiger partial charge in [-0.05, 0) is 64.8 Å². The highest BCUT2D eigenvalue weighted by molar-refractivity contribution is 6.70. The zero-order valence-electron chi connectivity index (χ0n) is 16.6. The second kappa shape index (κ2) is 5.17. The highest BCUT2D eigenvalue weighted by Gasteiger charge is 2.54. The van der Waals surface area contributed by atoms with E-state index in [1.54, 1.807) is 0 Å². The summed E-state index contributed by atoms with van der Waals surface area (Å²) in [4.78, 5) is 5.14. The third-order valence-corrected chi connectivity index (χ3v) is 6.48. The van der Waals surface area contributed by atoms with Crippen LogP contribution in [0.1, 0.15) is 53.7 Å². The monoisotopic (exact) mass is 336 g/mol. The highest BCUT2D eigenvalue weighted by atomic mass is 16.3. The molecule has 0 spiro atoms. The summed E-state index contributed by atoms with van der Waals surface area (Å²) >= 11 is 0. The fourth-order valence-corrected chi connectivity index (χ4v) is 5.43. The number of rotatable bonds is 1. The van der Waals surface area contributed by atoms with Crippen molar-refractivity contribution in [3.63, 3.8) is 0 Å². The molecule has 1 fully saturated rings. The minimum atomic E-state index is 0.161. The van der Waals surface area contributed by atoms with Crippen molar-refractivity contribution in [2.45, 2.75) is 59.5 Å². The molecule has 1 saturated heterocycles. The van der Waals surface area contributed by atoms with Crippen molar-refractivity contribution < 1.29 is 4.42 Å². The molecule has 4 rings (SSSR count). The van der Waals surface area contributed by atoms with Gasteiger partial charge >= 0.3 is 6.98 Å². The van der Waals surface area contributed by atoms with E-state index in [-0.39, 0.29) is 12.5 Å². The Morgan fingerprint density at radius 2 is 1.84 bits per heavy atom. The molecular weight excluding hydrogens is 307 g/mol. The van der Waals surface area contributed by atoms with Crippen LogP contribution in [-0.2, 0) is 0 Å². The molecule has 0 N–H and O–H groups in total. The van der Waals surface area contributed by atoms with E-state index in [1.807, 2.05) is 6.07 Å². The van der Waals surface area contributed by atoms with E-state index in [0.29, 0.717) is 11.5 Å². The van der Waals surface area contributed by atoms with Gasteiger partial charge in [-0.1, -0.05) is 31.5 Å². The molecule has 2 aliphatic rings. The topological polar surface area (TPSA) is 19.6 Å². The Kier molecular flexibility index (Phi) is 3.47. The molecule has 3 heterocycles. The van der Waals surface area contributed by atoms with Crippen molar-refractivity contribution in [3.05, 3.63) is 35.5 Å². The van der Waals surface area contributed by atoms with E-state index < -0.39 is 0 Å². The summed E-state index contributed by atoms with van der Waals surface area (Å²) < 4.78 is 6.13. The first-order chi connectivity index (χ1) is 11.6. The van der Waals surface area contributed by atoms with Crippen LogP contribution in [0.3, 0.4) is 0 Å². The van der Waals surface area contributed by atoms with Crippen LogP contribution < -0.4 is 4.81 Å². The number of hydrogen-bond acceptors (Lipinski definition) is 3. The summed E-state index contributed by atoms with van der Waals surface area (Å²) in [5.74, 6) is 0.987. The maximum absolute atomic E-state index is 6.13. The Morgan fingerprint density at radius 1 is 1.16 bits per heavy atom. The Balaban J connectivity index is 1.85. The lowest BCUT2D eigenvalue weighted by molar-refractivity contribution is 0.234. The van der Waals surface area contributed by atoms with E-state index in [9.17, 15) is 0 Å². The van der Waals surface area contributed by atoms with Gasteiger partial charge in [0.05, 0.1) is 5.69 Å². The average Bonchev–Trinajstić information content (AvgIpc) is 2.93. The minimum absolute atomic E-state index is 0.161. The first-order valence-electron chi connectivity index (χ1n) is 9.34. The quantitative estimate of drug-likeness (QED) is 0.666. The molecule has 3 nitrogen and oxygen atoms in total. The number of hydrogen-bond donors (Lipinski definition) is 0. The lowest BCUT2D eigenvalue weighted by atomic mass is 9.59. The molecule has 0 amide bonds. The number of allylic oxidation sites excluding steroid dienone is 1. The van der Waals surface area contributed by atoms with Gasteiger partial charge in [-0.3, -0.25) is 0 Å². The van der Waals surface area contributed by atoms with Gasteiger partial charge in [0.25, 0.3) is 0 Å². The van der Waals surface area contributed by atoms with E-state index in [0.717, 1.165) is 11.3 Å². The van der Waals surface area contributed by atoms with Gasteiger partial charge in [0.1, 0.15) is 11.3 Å². The summed E-state index contributed by atoms with van der Waals surface area (Å²) in [5.41, 5.74) is 4.01. The maximum atomic E-state index is 6.13. The van der Waals surface area contributed by atoms with Crippen molar-refractivity contribution in [2.75, 3.05) is 11.9 Å². The molecular formula is C21H29BN2O. The molecule has 4 heteroatoms. The second-order valence-corrected chi connectivity index (χ2v) is 9.25. The molecule has 1 aromatic heterocycles. The lowest BCUT2D eigenvalue weighted by Gasteiger charge is -2.45. The highest BCUT2D eigenvalue weighted by Crippen LogP contribution is 2.49. The summed E-state index contributed by atoms with van der Waals surface area (Å²) in [7, 11) is 2.22. The molecule has 1 unspecified atom stereocenters. The average molecular weight is 336 g/mol. The minimum Gasteiger partial charge on any atom is -0.455 e. The van der Waals surface area contributed by atoms with Crippen LogP contribution >= 0.6 is 0 Å². The van der Waals surface area contributed by atoms with Gasteiger partial charge in [0.2, 0.25) is 0 Å². The van der Waals surface area contributed by atoms with Gasteiger partial charge in [0.15, 0.2) is 0 Å². The van der Waals surface area contributed by atoms with Gasteiger partial charge < -0.3 is 14.0 Å². The number of fused-ring (bicyclic) bond motifs is 3. The third-order valence-electron chi connectivity index (χ3n) is 6.48. The molecule has 0 radical (unpaired) electrons. The first kappa shape index (κ1) is 16.8. The van der Waals surface area contributed by atoms with Gasteiger partial charge in [0, 0.05) is 17.0 Å². The Morgan fingerprint density at radius 3 is 2.48 bits per heavy atom. The van der Waals surface area contributed by atoms with Crippen LogP contribution in [-0.4, -0.2) is 30.4 Å². The fraction of sp³-hybridized carbons (Fsp3) is 0.524. The molecule has 132 valence electrons. The molecule has 2 aliphatic heterocycles. The zero-order chi connectivity index (χ0) is 18.1. The Bertz CT molecular complexity index is 864. The van der Waals surface area contributed by atoms with E-state index >= 15 is 0 Å². The van der Waals surface area contributed by atoms with Crippen LogP contribution in [0.15, 0.2) is 34.2 Å². The SMILES string of the molecule is CC1=Cc2oc3ccccc3c2N(C)B1N1C(C)C(C)(C)CC1(C)C.